The van der Waals surface area contributed by atoms with Gasteiger partial charge in [-0.05, 0) is 26.2 Å². The van der Waals surface area contributed by atoms with Crippen LogP contribution in [0.15, 0.2) is 36.4 Å². The summed E-state index contributed by atoms with van der Waals surface area (Å²) in [5, 5.41) is 1.18. The summed E-state index contributed by atoms with van der Waals surface area (Å²) in [7, 11) is 4.07. The van der Waals surface area contributed by atoms with E-state index in [4.69, 9.17) is 5.73 Å². The predicted octanol–water partition coefficient (Wildman–Crippen LogP) is 1.67. The highest BCUT2D eigenvalue weighted by Crippen LogP contribution is 2.12. The molecule has 0 amide bonds. The van der Waals surface area contributed by atoms with Crippen molar-refractivity contribution in [1.29, 1.82) is 0 Å². The number of hydrogen-bond acceptors (Lipinski definition) is 3. The molecule has 2 rings (SSSR count). The number of likely N-dealkylation sites (N-methyl/N-ethyl adjacent to an activating group) is 1. The largest absolute Gasteiger partial charge is 0.326 e. The molecule has 0 fully saturated rings. The first-order chi connectivity index (χ1) is 8.15. The van der Waals surface area contributed by atoms with E-state index in [2.05, 4.69) is 28.1 Å². The quantitative estimate of drug-likeness (QED) is 0.867. The first kappa shape index (κ1) is 12.0. The minimum atomic E-state index is 0.138. The summed E-state index contributed by atoms with van der Waals surface area (Å²) in [6.45, 7) is 0.883. The van der Waals surface area contributed by atoms with E-state index in [0.717, 1.165) is 24.2 Å². The molecular formula is C14H19N3. The number of para-hydroxylation sites is 1. The summed E-state index contributed by atoms with van der Waals surface area (Å²) in [4.78, 5) is 6.73. The van der Waals surface area contributed by atoms with E-state index in [0.29, 0.717) is 0 Å². The van der Waals surface area contributed by atoms with Crippen molar-refractivity contribution in [2.75, 3.05) is 20.6 Å². The minimum Gasteiger partial charge on any atom is -0.326 e. The molecule has 1 heterocycles. The molecule has 1 aromatic carbocycles. The zero-order valence-corrected chi connectivity index (χ0v) is 10.4. The van der Waals surface area contributed by atoms with E-state index in [1.807, 2.05) is 32.3 Å². The van der Waals surface area contributed by atoms with Crippen LogP contribution in [-0.2, 0) is 6.42 Å². The molecule has 0 aliphatic rings. The number of benzene rings is 1. The van der Waals surface area contributed by atoms with Gasteiger partial charge in [0, 0.05) is 30.1 Å². The van der Waals surface area contributed by atoms with Gasteiger partial charge in [0.05, 0.1) is 5.52 Å². The Balaban J connectivity index is 2.14. The number of rotatable bonds is 4. The molecule has 0 aliphatic heterocycles. The zero-order valence-electron chi connectivity index (χ0n) is 10.4. The first-order valence-electron chi connectivity index (χ1n) is 5.90. The van der Waals surface area contributed by atoms with Crippen molar-refractivity contribution in [3.63, 3.8) is 0 Å². The smallest absolute Gasteiger partial charge is 0.0705 e. The standard InChI is InChI=1S/C14H19N3/c1-17(2)10-12(15)9-13-8-7-11-5-3-4-6-14(11)16-13/h3-8,12H,9-10,15H2,1-2H3. The van der Waals surface area contributed by atoms with Crippen LogP contribution in [0.2, 0.25) is 0 Å². The van der Waals surface area contributed by atoms with Gasteiger partial charge in [-0.25, -0.2) is 0 Å². The lowest BCUT2D eigenvalue weighted by Gasteiger charge is -2.16. The third kappa shape index (κ3) is 3.25. The molecule has 0 saturated carbocycles. The van der Waals surface area contributed by atoms with Gasteiger partial charge >= 0.3 is 0 Å². The van der Waals surface area contributed by atoms with Gasteiger partial charge in [0.15, 0.2) is 0 Å². The number of fused-ring (bicyclic) bond motifs is 1. The van der Waals surface area contributed by atoms with Crippen LogP contribution >= 0.6 is 0 Å². The summed E-state index contributed by atoms with van der Waals surface area (Å²) in [5.74, 6) is 0. The molecule has 2 N–H and O–H groups in total. The average Bonchev–Trinajstić information content (AvgIpc) is 2.27. The first-order valence-corrected chi connectivity index (χ1v) is 5.90. The topological polar surface area (TPSA) is 42.1 Å². The van der Waals surface area contributed by atoms with Crippen molar-refractivity contribution in [1.82, 2.24) is 9.88 Å². The van der Waals surface area contributed by atoms with Crippen molar-refractivity contribution in [3.05, 3.63) is 42.1 Å². The summed E-state index contributed by atoms with van der Waals surface area (Å²) in [6.07, 6.45) is 0.822. The third-order valence-corrected chi connectivity index (χ3v) is 2.73. The van der Waals surface area contributed by atoms with Gasteiger partial charge in [-0.15, -0.1) is 0 Å². The molecule has 3 heteroatoms. The summed E-state index contributed by atoms with van der Waals surface area (Å²) in [5.41, 5.74) is 8.18. The molecule has 2 aromatic rings. The molecule has 1 unspecified atom stereocenters. The predicted molar refractivity (Wildman–Crippen MR) is 72.0 cm³/mol. The molecule has 17 heavy (non-hydrogen) atoms. The van der Waals surface area contributed by atoms with Gasteiger partial charge in [0.1, 0.15) is 0 Å². The van der Waals surface area contributed by atoms with Gasteiger partial charge in [-0.3, -0.25) is 4.98 Å². The highest BCUT2D eigenvalue weighted by atomic mass is 15.1. The Bertz CT molecular complexity index is 494. The van der Waals surface area contributed by atoms with Crippen LogP contribution < -0.4 is 5.73 Å². The normalized spacial score (nSPS) is 13.2. The van der Waals surface area contributed by atoms with Crippen LogP contribution in [0.3, 0.4) is 0 Å². The maximum atomic E-state index is 6.07. The molecule has 0 spiro atoms. The lowest BCUT2D eigenvalue weighted by atomic mass is 10.1. The second kappa shape index (κ2) is 5.25. The Labute approximate surface area is 102 Å². The van der Waals surface area contributed by atoms with Crippen LogP contribution in [0.4, 0.5) is 0 Å². The van der Waals surface area contributed by atoms with E-state index < -0.39 is 0 Å². The van der Waals surface area contributed by atoms with Crippen LogP contribution in [0.1, 0.15) is 5.69 Å². The molecule has 0 bridgehead atoms. The van der Waals surface area contributed by atoms with Crippen molar-refractivity contribution >= 4 is 10.9 Å². The maximum absolute atomic E-state index is 6.07. The lowest BCUT2D eigenvalue weighted by molar-refractivity contribution is 0.370. The molecule has 1 atom stereocenters. The SMILES string of the molecule is CN(C)CC(N)Cc1ccc2ccccc2n1. The van der Waals surface area contributed by atoms with E-state index >= 15 is 0 Å². The molecule has 90 valence electrons. The fourth-order valence-corrected chi connectivity index (χ4v) is 2.02. The number of pyridine rings is 1. The van der Waals surface area contributed by atoms with E-state index in [-0.39, 0.29) is 6.04 Å². The van der Waals surface area contributed by atoms with Gasteiger partial charge in [0.2, 0.25) is 0 Å². The monoisotopic (exact) mass is 229 g/mol. The molecule has 3 nitrogen and oxygen atoms in total. The lowest BCUT2D eigenvalue weighted by Crippen LogP contribution is -2.35. The Morgan fingerprint density at radius 2 is 1.94 bits per heavy atom. The van der Waals surface area contributed by atoms with E-state index in [9.17, 15) is 0 Å². The van der Waals surface area contributed by atoms with E-state index in [1.54, 1.807) is 0 Å². The summed E-state index contributed by atoms with van der Waals surface area (Å²) in [6, 6.07) is 12.5. The molecule has 1 aromatic heterocycles. The number of aromatic nitrogens is 1. The number of nitrogens with two attached hydrogens (primary N) is 1. The van der Waals surface area contributed by atoms with Gasteiger partial charge in [0.25, 0.3) is 0 Å². The Kier molecular flexibility index (Phi) is 3.71. The average molecular weight is 229 g/mol. The summed E-state index contributed by atoms with van der Waals surface area (Å²) < 4.78 is 0. The van der Waals surface area contributed by atoms with Crippen LogP contribution in [0, 0.1) is 0 Å². The minimum absolute atomic E-state index is 0.138. The third-order valence-electron chi connectivity index (χ3n) is 2.73. The number of hydrogen-bond donors (Lipinski definition) is 1. The van der Waals surface area contributed by atoms with Crippen molar-refractivity contribution in [2.45, 2.75) is 12.5 Å². The van der Waals surface area contributed by atoms with Crippen LogP contribution in [0.5, 0.6) is 0 Å². The fourth-order valence-electron chi connectivity index (χ4n) is 2.02. The van der Waals surface area contributed by atoms with Gasteiger partial charge < -0.3 is 10.6 Å². The van der Waals surface area contributed by atoms with Crippen LogP contribution in [0.25, 0.3) is 10.9 Å². The zero-order chi connectivity index (χ0) is 12.3. The van der Waals surface area contributed by atoms with Crippen LogP contribution in [-0.4, -0.2) is 36.6 Å². The second-order valence-corrected chi connectivity index (χ2v) is 4.72. The maximum Gasteiger partial charge on any atom is 0.0705 e. The Morgan fingerprint density at radius 3 is 2.71 bits per heavy atom. The van der Waals surface area contributed by atoms with Crippen molar-refractivity contribution < 1.29 is 0 Å². The fraction of sp³-hybridized carbons (Fsp3) is 0.357. The molecule has 0 saturated heterocycles. The van der Waals surface area contributed by atoms with Gasteiger partial charge in [-0.1, -0.05) is 24.3 Å². The van der Waals surface area contributed by atoms with Gasteiger partial charge in [-0.2, -0.15) is 0 Å². The summed E-state index contributed by atoms with van der Waals surface area (Å²) >= 11 is 0. The van der Waals surface area contributed by atoms with Crippen molar-refractivity contribution in [2.24, 2.45) is 5.73 Å². The van der Waals surface area contributed by atoms with E-state index in [1.165, 1.54) is 5.39 Å². The van der Waals surface area contributed by atoms with Crippen molar-refractivity contribution in [3.8, 4) is 0 Å². The Morgan fingerprint density at radius 1 is 1.18 bits per heavy atom. The molecule has 0 aliphatic carbocycles. The molecule has 0 radical (unpaired) electrons. The highest BCUT2D eigenvalue weighted by Gasteiger charge is 2.06. The Hall–Kier alpha value is -1.45. The molecular weight excluding hydrogens is 210 g/mol. The number of nitrogens with zero attached hydrogens (tertiary/aromatic N) is 2. The second-order valence-electron chi connectivity index (χ2n) is 4.72. The highest BCUT2D eigenvalue weighted by molar-refractivity contribution is 5.78.